The van der Waals surface area contributed by atoms with Crippen molar-refractivity contribution in [1.29, 1.82) is 0 Å². The second-order valence-electron chi connectivity index (χ2n) is 9.20. The largest absolute Gasteiger partial charge is 0.381 e. The van der Waals surface area contributed by atoms with Crippen LogP contribution in [0.3, 0.4) is 0 Å². The van der Waals surface area contributed by atoms with Gasteiger partial charge in [-0.05, 0) is 61.9 Å². The van der Waals surface area contributed by atoms with Gasteiger partial charge >= 0.3 is 0 Å². The van der Waals surface area contributed by atoms with Gasteiger partial charge in [0, 0.05) is 50.0 Å². The molecule has 0 saturated carbocycles. The normalized spacial score (nSPS) is 19.3. The molecule has 2 amide bonds. The minimum Gasteiger partial charge on any atom is -0.381 e. The highest BCUT2D eigenvalue weighted by molar-refractivity contribution is 5.98. The predicted octanol–water partition coefficient (Wildman–Crippen LogP) is 3.89. The van der Waals surface area contributed by atoms with Crippen molar-refractivity contribution in [3.63, 3.8) is 0 Å². The number of nitrogens with zero attached hydrogens (tertiary/aromatic N) is 1. The van der Waals surface area contributed by atoms with Gasteiger partial charge in [-0.15, -0.1) is 0 Å². The predicted molar refractivity (Wildman–Crippen MR) is 124 cm³/mol. The quantitative estimate of drug-likeness (QED) is 0.762. The molecule has 1 fully saturated rings. The number of carbonyl (C=O) groups is 2. The first-order valence-corrected chi connectivity index (χ1v) is 12.1. The van der Waals surface area contributed by atoms with Gasteiger partial charge in [0.1, 0.15) is 0 Å². The van der Waals surface area contributed by atoms with Crippen LogP contribution >= 0.6 is 0 Å². The summed E-state index contributed by atoms with van der Waals surface area (Å²) in [7, 11) is 0. The lowest BCUT2D eigenvalue weighted by molar-refractivity contribution is -0.121. The zero-order valence-electron chi connectivity index (χ0n) is 19.3. The molecule has 0 atom stereocenters. The Morgan fingerprint density at radius 3 is 2.65 bits per heavy atom. The van der Waals surface area contributed by atoms with Crippen molar-refractivity contribution in [2.75, 3.05) is 37.7 Å². The molecule has 0 aromatic heterocycles. The van der Waals surface area contributed by atoms with E-state index in [0.29, 0.717) is 24.6 Å². The van der Waals surface area contributed by atoms with Gasteiger partial charge in [-0.2, -0.15) is 0 Å². The number of fused-ring (bicyclic) bond motifs is 1. The first-order chi connectivity index (χ1) is 15.1. The van der Waals surface area contributed by atoms with Crippen molar-refractivity contribution < 1.29 is 14.3 Å². The smallest absolute Gasteiger partial charge is 0.251 e. The van der Waals surface area contributed by atoms with Gasteiger partial charge in [0.25, 0.3) is 5.91 Å². The molecule has 2 aliphatic heterocycles. The highest BCUT2D eigenvalue weighted by Crippen LogP contribution is 2.26. The topological polar surface area (TPSA) is 70.7 Å². The molecule has 31 heavy (non-hydrogen) atoms. The van der Waals surface area contributed by atoms with Crippen LogP contribution in [0.5, 0.6) is 0 Å². The Balaban J connectivity index is 1.78. The van der Waals surface area contributed by atoms with Gasteiger partial charge in [-0.3, -0.25) is 9.59 Å². The third-order valence-corrected chi connectivity index (χ3v) is 6.34. The molecule has 0 aliphatic carbocycles. The zero-order valence-corrected chi connectivity index (χ0v) is 19.3. The van der Waals surface area contributed by atoms with Crippen LogP contribution < -0.4 is 15.5 Å². The van der Waals surface area contributed by atoms with Gasteiger partial charge in [0.05, 0.1) is 0 Å². The number of ether oxygens (including phenoxy) is 1. The minimum absolute atomic E-state index is 0.0397. The molecule has 1 saturated heterocycles. The molecule has 2 N–H and O–H groups in total. The van der Waals surface area contributed by atoms with Crippen LogP contribution in [0, 0.1) is 11.8 Å². The summed E-state index contributed by atoms with van der Waals surface area (Å²) in [5.74, 6) is 0.538. The summed E-state index contributed by atoms with van der Waals surface area (Å²) in [6.45, 7) is 8.52. The van der Waals surface area contributed by atoms with E-state index in [2.05, 4.69) is 10.6 Å². The van der Waals surface area contributed by atoms with Crippen LogP contribution in [0.4, 0.5) is 5.69 Å². The highest BCUT2D eigenvalue weighted by Gasteiger charge is 2.22. The summed E-state index contributed by atoms with van der Waals surface area (Å²) >= 11 is 0. The van der Waals surface area contributed by atoms with Gasteiger partial charge < -0.3 is 20.3 Å². The molecular formula is C25H39N3O3. The third kappa shape index (κ3) is 7.04. The van der Waals surface area contributed by atoms with Crippen LogP contribution in [-0.2, 0) is 16.1 Å². The van der Waals surface area contributed by atoms with E-state index in [0.717, 1.165) is 69.7 Å². The first kappa shape index (κ1) is 23.7. The van der Waals surface area contributed by atoms with Crippen molar-refractivity contribution in [2.24, 2.45) is 11.8 Å². The van der Waals surface area contributed by atoms with E-state index in [1.165, 1.54) is 12.8 Å². The lowest BCUT2D eigenvalue weighted by atomic mass is 10.00. The number of benzene rings is 1. The summed E-state index contributed by atoms with van der Waals surface area (Å²) in [5.41, 5.74) is 2.62. The van der Waals surface area contributed by atoms with Crippen LogP contribution in [0.25, 0.3) is 0 Å². The monoisotopic (exact) mass is 429 g/mol. The number of amides is 2. The van der Waals surface area contributed by atoms with Crippen molar-refractivity contribution >= 4 is 17.5 Å². The Hall–Kier alpha value is -1.92. The fraction of sp³-hybridized carbons (Fsp3) is 0.680. The molecule has 1 aromatic carbocycles. The third-order valence-electron chi connectivity index (χ3n) is 6.34. The van der Waals surface area contributed by atoms with E-state index in [4.69, 9.17) is 4.74 Å². The second-order valence-corrected chi connectivity index (χ2v) is 9.20. The van der Waals surface area contributed by atoms with E-state index in [9.17, 15) is 9.59 Å². The van der Waals surface area contributed by atoms with E-state index in [-0.39, 0.29) is 17.7 Å². The van der Waals surface area contributed by atoms with Crippen molar-refractivity contribution in [2.45, 2.75) is 65.3 Å². The summed E-state index contributed by atoms with van der Waals surface area (Å²) in [6.07, 6.45) is 7.75. The number of carbonyl (C=O) groups excluding carboxylic acids is 2. The highest BCUT2D eigenvalue weighted by atomic mass is 16.5. The van der Waals surface area contributed by atoms with Gasteiger partial charge in [0.15, 0.2) is 0 Å². The molecule has 3 rings (SSSR count). The van der Waals surface area contributed by atoms with Gasteiger partial charge in [-0.25, -0.2) is 0 Å². The lowest BCUT2D eigenvalue weighted by Crippen LogP contribution is -2.36. The summed E-state index contributed by atoms with van der Waals surface area (Å²) < 4.78 is 5.41. The van der Waals surface area contributed by atoms with E-state index < -0.39 is 0 Å². The summed E-state index contributed by atoms with van der Waals surface area (Å²) in [6, 6.07) is 5.80. The number of hydrogen-bond acceptors (Lipinski definition) is 4. The molecule has 172 valence electrons. The van der Waals surface area contributed by atoms with E-state index in [1.807, 2.05) is 36.9 Å². The van der Waals surface area contributed by atoms with Crippen LogP contribution in [0.2, 0.25) is 0 Å². The molecule has 1 aromatic rings. The van der Waals surface area contributed by atoms with E-state index >= 15 is 0 Å². The van der Waals surface area contributed by atoms with Crippen LogP contribution in [-0.4, -0.2) is 44.7 Å². The molecule has 2 heterocycles. The fourth-order valence-corrected chi connectivity index (χ4v) is 4.36. The van der Waals surface area contributed by atoms with E-state index in [1.54, 1.807) is 0 Å². The molecule has 0 unspecified atom stereocenters. The Labute approximate surface area is 187 Å². The average molecular weight is 430 g/mol. The molecule has 2 aliphatic rings. The Bertz CT molecular complexity index is 729. The zero-order chi connectivity index (χ0) is 22.1. The number of anilines is 1. The van der Waals surface area contributed by atoms with Crippen LogP contribution in [0.1, 0.15) is 74.7 Å². The number of nitrogens with one attached hydrogen (secondary N) is 2. The first-order valence-electron chi connectivity index (χ1n) is 12.1. The van der Waals surface area contributed by atoms with Crippen molar-refractivity contribution in [1.82, 2.24) is 10.6 Å². The maximum absolute atomic E-state index is 13.0. The van der Waals surface area contributed by atoms with Crippen molar-refractivity contribution in [3.8, 4) is 0 Å². The van der Waals surface area contributed by atoms with Gasteiger partial charge in [0.2, 0.25) is 5.91 Å². The SMILES string of the molecule is CC(C)C(=O)N1CCCCCCCNCc2cc(C(=O)NCC3CCOCC3)ccc21. The number of rotatable bonds is 4. The van der Waals surface area contributed by atoms with Crippen LogP contribution in [0.15, 0.2) is 18.2 Å². The maximum atomic E-state index is 13.0. The Morgan fingerprint density at radius 1 is 1.13 bits per heavy atom. The van der Waals surface area contributed by atoms with Crippen molar-refractivity contribution in [3.05, 3.63) is 29.3 Å². The number of hydrogen-bond donors (Lipinski definition) is 2. The summed E-state index contributed by atoms with van der Waals surface area (Å²) in [4.78, 5) is 27.8. The molecule has 0 radical (unpaired) electrons. The second kappa shape index (κ2) is 12.2. The molecular weight excluding hydrogens is 390 g/mol. The molecule has 6 heteroatoms. The molecule has 6 nitrogen and oxygen atoms in total. The average Bonchev–Trinajstić information content (AvgIpc) is 2.78. The fourth-order valence-electron chi connectivity index (χ4n) is 4.36. The minimum atomic E-state index is -0.0591. The Morgan fingerprint density at radius 2 is 1.87 bits per heavy atom. The van der Waals surface area contributed by atoms with Gasteiger partial charge in [-0.1, -0.05) is 33.1 Å². The Kier molecular flexibility index (Phi) is 9.34. The lowest BCUT2D eigenvalue weighted by Gasteiger charge is -2.28. The standard InChI is InChI=1S/C25H39N3O3/c1-19(2)25(30)28-13-7-5-3-4-6-12-26-18-22-16-21(8-9-23(22)28)24(29)27-17-20-10-14-31-15-11-20/h8-9,16,19-20,26H,3-7,10-15,17-18H2,1-2H3,(H,27,29). The summed E-state index contributed by atoms with van der Waals surface area (Å²) in [5, 5.41) is 6.62. The maximum Gasteiger partial charge on any atom is 0.251 e. The molecule has 0 bridgehead atoms. The molecule has 0 spiro atoms.